The second-order valence-corrected chi connectivity index (χ2v) is 10.5. The fourth-order valence-corrected chi connectivity index (χ4v) is 5.63. The van der Waals surface area contributed by atoms with E-state index in [0.29, 0.717) is 59.1 Å². The Hall–Kier alpha value is -2.92. The molecule has 9 nitrogen and oxygen atoms in total. The summed E-state index contributed by atoms with van der Waals surface area (Å²) in [6.45, 7) is 1.77. The van der Waals surface area contributed by atoms with E-state index in [1.165, 1.54) is 23.5 Å². The fraction of sp³-hybridized carbons (Fsp3) is 0.227. The van der Waals surface area contributed by atoms with Crippen LogP contribution in [-0.4, -0.2) is 65.9 Å². The number of imidazole rings is 1. The lowest BCUT2D eigenvalue weighted by Gasteiger charge is -2.34. The number of aromatic amines is 1. The van der Waals surface area contributed by atoms with Crippen molar-refractivity contribution in [2.24, 2.45) is 0 Å². The zero-order valence-corrected chi connectivity index (χ0v) is 20.4. The lowest BCUT2D eigenvalue weighted by molar-refractivity contribution is 0.384. The number of benzene rings is 1. The van der Waals surface area contributed by atoms with Crippen LogP contribution in [0.3, 0.4) is 0 Å². The average Bonchev–Trinajstić information content (AvgIpc) is 3.26. The summed E-state index contributed by atoms with van der Waals surface area (Å²) in [6.07, 6.45) is 1.70. The lowest BCUT2D eigenvalue weighted by Crippen LogP contribution is -2.48. The van der Waals surface area contributed by atoms with Gasteiger partial charge in [-0.15, -0.1) is 0 Å². The standard InChI is InChI=1S/C22H20Cl2N6O3S/c1-33-22-26-18-12-17(24)20(27-21(18)28-22)14-2-7-19(25-13-14)29-8-10-30(11-9-29)34(31,32)16-5-3-15(23)4-6-16/h2-7,12-13H,8-11H2,1H3,(H,26,27,28). The molecule has 0 radical (unpaired) electrons. The molecule has 3 aromatic heterocycles. The van der Waals surface area contributed by atoms with Crippen LogP contribution >= 0.6 is 23.2 Å². The second-order valence-electron chi connectivity index (χ2n) is 7.69. The third-order valence-electron chi connectivity index (χ3n) is 5.63. The van der Waals surface area contributed by atoms with Gasteiger partial charge in [0.25, 0.3) is 6.01 Å². The topological polar surface area (TPSA) is 104 Å². The Labute approximate surface area is 206 Å². The number of pyridine rings is 2. The highest BCUT2D eigenvalue weighted by atomic mass is 35.5. The van der Waals surface area contributed by atoms with Crippen LogP contribution in [0.25, 0.3) is 22.4 Å². The first-order chi connectivity index (χ1) is 16.3. The summed E-state index contributed by atoms with van der Waals surface area (Å²) in [5.41, 5.74) is 2.50. The molecule has 1 N–H and O–H groups in total. The van der Waals surface area contributed by atoms with E-state index in [-0.39, 0.29) is 4.90 Å². The van der Waals surface area contributed by atoms with E-state index < -0.39 is 10.0 Å². The Morgan fingerprint density at radius 2 is 1.74 bits per heavy atom. The number of nitrogens with zero attached hydrogens (tertiary/aromatic N) is 5. The molecule has 0 spiro atoms. The van der Waals surface area contributed by atoms with E-state index in [4.69, 9.17) is 27.9 Å². The van der Waals surface area contributed by atoms with Crippen LogP contribution in [0.2, 0.25) is 10.0 Å². The van der Waals surface area contributed by atoms with Crippen LogP contribution < -0.4 is 9.64 Å². The minimum absolute atomic E-state index is 0.240. The first-order valence-electron chi connectivity index (χ1n) is 10.4. The number of H-pyrrole nitrogens is 1. The minimum Gasteiger partial charge on any atom is -0.468 e. The number of rotatable bonds is 5. The maximum Gasteiger partial charge on any atom is 0.295 e. The van der Waals surface area contributed by atoms with Crippen molar-refractivity contribution in [1.29, 1.82) is 0 Å². The van der Waals surface area contributed by atoms with Crippen LogP contribution in [-0.2, 0) is 10.0 Å². The molecular weight excluding hydrogens is 499 g/mol. The molecule has 0 amide bonds. The number of aromatic nitrogens is 4. The molecule has 4 aromatic rings. The minimum atomic E-state index is -3.56. The van der Waals surface area contributed by atoms with E-state index in [2.05, 4.69) is 24.8 Å². The summed E-state index contributed by atoms with van der Waals surface area (Å²) >= 11 is 12.3. The summed E-state index contributed by atoms with van der Waals surface area (Å²) in [7, 11) is -2.04. The molecule has 0 saturated carbocycles. The molecule has 34 heavy (non-hydrogen) atoms. The normalized spacial score (nSPS) is 15.1. The van der Waals surface area contributed by atoms with Crippen molar-refractivity contribution in [3.8, 4) is 17.3 Å². The average molecular weight is 519 g/mol. The first kappa shape index (κ1) is 22.9. The molecule has 1 aliphatic rings. The van der Waals surface area contributed by atoms with E-state index in [1.54, 1.807) is 24.4 Å². The Morgan fingerprint density at radius 1 is 1.00 bits per heavy atom. The van der Waals surface area contributed by atoms with Crippen molar-refractivity contribution >= 4 is 50.2 Å². The zero-order chi connectivity index (χ0) is 23.9. The number of methoxy groups -OCH3 is 1. The van der Waals surface area contributed by atoms with Crippen molar-refractivity contribution in [3.63, 3.8) is 0 Å². The molecule has 1 saturated heterocycles. The molecule has 5 rings (SSSR count). The number of halogens is 2. The van der Waals surface area contributed by atoms with Crippen LogP contribution in [0.15, 0.2) is 53.6 Å². The zero-order valence-electron chi connectivity index (χ0n) is 18.1. The number of sulfonamides is 1. The van der Waals surface area contributed by atoms with Crippen LogP contribution in [0, 0.1) is 0 Å². The van der Waals surface area contributed by atoms with Crippen molar-refractivity contribution in [1.82, 2.24) is 24.2 Å². The Kier molecular flexibility index (Phi) is 6.07. The van der Waals surface area contributed by atoms with Gasteiger partial charge in [0.1, 0.15) is 5.82 Å². The number of hydrogen-bond acceptors (Lipinski definition) is 7. The van der Waals surface area contributed by atoms with Gasteiger partial charge in [-0.1, -0.05) is 23.2 Å². The van der Waals surface area contributed by atoms with Gasteiger partial charge in [-0.25, -0.2) is 18.4 Å². The molecule has 1 aliphatic heterocycles. The van der Waals surface area contributed by atoms with E-state index in [0.717, 1.165) is 11.4 Å². The van der Waals surface area contributed by atoms with Gasteiger partial charge < -0.3 is 14.6 Å². The van der Waals surface area contributed by atoms with Gasteiger partial charge in [-0.2, -0.15) is 9.29 Å². The van der Waals surface area contributed by atoms with E-state index in [1.807, 2.05) is 12.1 Å². The largest absolute Gasteiger partial charge is 0.468 e. The Balaban J connectivity index is 1.30. The van der Waals surface area contributed by atoms with Gasteiger partial charge in [0.2, 0.25) is 10.0 Å². The van der Waals surface area contributed by atoms with Gasteiger partial charge in [-0.05, 0) is 42.5 Å². The molecule has 0 bridgehead atoms. The van der Waals surface area contributed by atoms with Crippen LogP contribution in [0.1, 0.15) is 0 Å². The number of ether oxygens (including phenoxy) is 1. The molecule has 4 heterocycles. The predicted molar refractivity (Wildman–Crippen MR) is 131 cm³/mol. The van der Waals surface area contributed by atoms with Gasteiger partial charge in [0, 0.05) is 43.0 Å². The molecule has 1 aromatic carbocycles. The monoisotopic (exact) mass is 518 g/mol. The molecule has 0 atom stereocenters. The summed E-state index contributed by atoms with van der Waals surface area (Å²) in [4.78, 5) is 18.6. The SMILES string of the molecule is COc1nc2nc(-c3ccc(N4CCN(S(=O)(=O)c5ccc(Cl)cc5)CC4)nc3)c(Cl)cc2[nH]1. The molecule has 176 valence electrons. The van der Waals surface area contributed by atoms with Crippen molar-refractivity contribution in [2.75, 3.05) is 38.2 Å². The third-order valence-corrected chi connectivity index (χ3v) is 8.09. The molecular formula is C22H20Cl2N6O3S. The van der Waals surface area contributed by atoms with Crippen molar-refractivity contribution in [2.45, 2.75) is 4.90 Å². The van der Waals surface area contributed by atoms with Crippen molar-refractivity contribution in [3.05, 3.63) is 58.7 Å². The van der Waals surface area contributed by atoms with E-state index in [9.17, 15) is 8.42 Å². The summed E-state index contributed by atoms with van der Waals surface area (Å²) in [5.74, 6) is 0.755. The maximum atomic E-state index is 12.9. The highest BCUT2D eigenvalue weighted by Gasteiger charge is 2.29. The lowest BCUT2D eigenvalue weighted by atomic mass is 10.2. The fourth-order valence-electron chi connectivity index (χ4n) is 3.82. The number of hydrogen-bond donors (Lipinski definition) is 1. The number of anilines is 1. The Morgan fingerprint density at radius 3 is 2.38 bits per heavy atom. The molecule has 12 heteroatoms. The first-order valence-corrected chi connectivity index (χ1v) is 12.6. The summed E-state index contributed by atoms with van der Waals surface area (Å²) in [6, 6.07) is 12.1. The number of piperazine rings is 1. The van der Waals surface area contributed by atoms with E-state index >= 15 is 0 Å². The van der Waals surface area contributed by atoms with Gasteiger partial charge >= 0.3 is 0 Å². The quantitative estimate of drug-likeness (QED) is 0.427. The van der Waals surface area contributed by atoms with Crippen LogP contribution in [0.5, 0.6) is 6.01 Å². The number of fused-ring (bicyclic) bond motifs is 1. The summed E-state index contributed by atoms with van der Waals surface area (Å²) < 4.78 is 32.4. The van der Waals surface area contributed by atoms with Gasteiger partial charge in [0.05, 0.1) is 28.2 Å². The second kappa shape index (κ2) is 9.03. The maximum absolute atomic E-state index is 12.9. The Bertz CT molecular complexity index is 1430. The predicted octanol–water partition coefficient (Wildman–Crippen LogP) is 3.85. The highest BCUT2D eigenvalue weighted by Crippen LogP contribution is 2.30. The third kappa shape index (κ3) is 4.29. The molecule has 0 unspecified atom stereocenters. The number of nitrogens with one attached hydrogen (secondary N) is 1. The van der Waals surface area contributed by atoms with Crippen LogP contribution in [0.4, 0.5) is 5.82 Å². The van der Waals surface area contributed by atoms with Gasteiger partial charge in [0.15, 0.2) is 5.65 Å². The molecule has 0 aliphatic carbocycles. The molecule has 1 fully saturated rings. The highest BCUT2D eigenvalue weighted by molar-refractivity contribution is 7.89. The van der Waals surface area contributed by atoms with Crippen molar-refractivity contribution < 1.29 is 13.2 Å². The summed E-state index contributed by atoms with van der Waals surface area (Å²) in [5, 5.41) is 0.966. The van der Waals surface area contributed by atoms with Gasteiger partial charge in [-0.3, -0.25) is 0 Å². The smallest absolute Gasteiger partial charge is 0.295 e.